The van der Waals surface area contributed by atoms with Crippen molar-refractivity contribution < 1.29 is 0 Å². The van der Waals surface area contributed by atoms with Crippen LogP contribution in [0.5, 0.6) is 0 Å². The Balaban J connectivity index is 0.00000137. The van der Waals surface area contributed by atoms with E-state index in [1.807, 2.05) is 31.8 Å². The summed E-state index contributed by atoms with van der Waals surface area (Å²) in [5.41, 5.74) is 5.63. The van der Waals surface area contributed by atoms with Crippen LogP contribution in [0.1, 0.15) is 24.8 Å². The quantitative estimate of drug-likeness (QED) is 0.463. The average molecular weight is 497 g/mol. The van der Waals surface area contributed by atoms with Gasteiger partial charge in [0.15, 0.2) is 0 Å². The number of nitriles is 1. The molecule has 8 nitrogen and oxygen atoms in total. The largest absolute Gasteiger partial charge is 0.356 e. The molecule has 6 heterocycles. The molecule has 0 aliphatic carbocycles. The first-order chi connectivity index (χ1) is 15.6. The van der Waals surface area contributed by atoms with Crippen molar-refractivity contribution in [3.8, 4) is 28.3 Å². The summed E-state index contributed by atoms with van der Waals surface area (Å²) in [7, 11) is 1.90. The van der Waals surface area contributed by atoms with Gasteiger partial charge in [0.2, 0.25) is 0 Å². The molecular weight excluding hydrogens is 471 g/mol. The van der Waals surface area contributed by atoms with Crippen LogP contribution in [-0.4, -0.2) is 49.6 Å². The van der Waals surface area contributed by atoms with Gasteiger partial charge in [-0.15, -0.1) is 24.8 Å². The van der Waals surface area contributed by atoms with Crippen molar-refractivity contribution in [2.45, 2.75) is 24.8 Å². The third-order valence-corrected chi connectivity index (χ3v) is 6.98. The zero-order valence-electron chi connectivity index (χ0n) is 18.8. The van der Waals surface area contributed by atoms with E-state index in [0.29, 0.717) is 11.1 Å². The molecule has 0 amide bonds. The summed E-state index contributed by atoms with van der Waals surface area (Å²) in [4.78, 5) is 7.17. The maximum atomic E-state index is 9.62. The van der Waals surface area contributed by atoms with Crippen molar-refractivity contribution in [2.75, 3.05) is 24.5 Å². The van der Waals surface area contributed by atoms with E-state index in [4.69, 9.17) is 4.98 Å². The summed E-state index contributed by atoms with van der Waals surface area (Å²) in [5.74, 6) is 1.01. The lowest BCUT2D eigenvalue weighted by Gasteiger charge is -2.49. The molecule has 2 saturated heterocycles. The smallest absolute Gasteiger partial charge is 0.128 e. The molecule has 2 fully saturated rings. The molecule has 34 heavy (non-hydrogen) atoms. The molecule has 10 heteroatoms. The Kier molecular flexibility index (Phi) is 6.54. The van der Waals surface area contributed by atoms with Crippen LogP contribution in [0, 0.1) is 11.3 Å². The maximum Gasteiger partial charge on any atom is 0.128 e. The third-order valence-electron chi connectivity index (χ3n) is 6.98. The number of aryl methyl sites for hydroxylation is 1. The van der Waals surface area contributed by atoms with E-state index in [-0.39, 0.29) is 24.8 Å². The average Bonchev–Trinajstić information content (AvgIpc) is 3.43. The van der Waals surface area contributed by atoms with Crippen LogP contribution in [0.2, 0.25) is 0 Å². The Morgan fingerprint density at radius 3 is 2.35 bits per heavy atom. The number of fused-ring (bicyclic) bond motifs is 1. The van der Waals surface area contributed by atoms with Gasteiger partial charge in [0.1, 0.15) is 11.9 Å². The van der Waals surface area contributed by atoms with Crippen LogP contribution in [0.3, 0.4) is 0 Å². The summed E-state index contributed by atoms with van der Waals surface area (Å²) in [6.07, 6.45) is 12.9. The predicted molar refractivity (Wildman–Crippen MR) is 137 cm³/mol. The Bertz CT molecular complexity index is 1340. The van der Waals surface area contributed by atoms with Crippen molar-refractivity contribution in [3.63, 3.8) is 0 Å². The molecule has 176 valence electrons. The van der Waals surface area contributed by atoms with E-state index >= 15 is 0 Å². The summed E-state index contributed by atoms with van der Waals surface area (Å²) < 4.78 is 3.56. The Hall–Kier alpha value is -3.12. The maximum absolute atomic E-state index is 9.62. The fourth-order valence-corrected chi connectivity index (χ4v) is 4.95. The molecular formula is C24H26Cl2N8. The normalized spacial score (nSPS) is 16.4. The highest BCUT2D eigenvalue weighted by Crippen LogP contribution is 2.34. The van der Waals surface area contributed by atoms with Crippen LogP contribution in [0.25, 0.3) is 27.8 Å². The van der Waals surface area contributed by atoms with Crippen molar-refractivity contribution in [1.29, 1.82) is 5.26 Å². The van der Waals surface area contributed by atoms with E-state index in [9.17, 15) is 5.26 Å². The first-order valence-electron chi connectivity index (χ1n) is 11.0. The highest BCUT2D eigenvalue weighted by molar-refractivity contribution is 5.87. The van der Waals surface area contributed by atoms with E-state index in [0.717, 1.165) is 53.2 Å². The van der Waals surface area contributed by atoms with Gasteiger partial charge in [-0.1, -0.05) is 0 Å². The van der Waals surface area contributed by atoms with Crippen molar-refractivity contribution in [1.82, 2.24) is 29.7 Å². The molecule has 0 unspecified atom stereocenters. The molecule has 0 aromatic carbocycles. The van der Waals surface area contributed by atoms with Gasteiger partial charge in [-0.2, -0.15) is 15.5 Å². The van der Waals surface area contributed by atoms with Gasteiger partial charge in [0, 0.05) is 66.5 Å². The summed E-state index contributed by atoms with van der Waals surface area (Å²) in [6.45, 7) is 3.21. The van der Waals surface area contributed by atoms with Gasteiger partial charge in [-0.3, -0.25) is 4.68 Å². The molecule has 2 aliphatic heterocycles. The number of halogens is 2. The SMILES string of the molecule is Cl.Cl.Cn1cc(-c2cc(-c3ccc(N4CCC5(CCN5)CC4)nc3)c3c(C#N)cnn3c2)cn1. The number of hydrogen-bond acceptors (Lipinski definition) is 6. The van der Waals surface area contributed by atoms with E-state index in [1.54, 1.807) is 15.4 Å². The predicted octanol–water partition coefficient (Wildman–Crippen LogP) is 3.84. The zero-order valence-corrected chi connectivity index (χ0v) is 20.4. The fraction of sp³-hybridized carbons (Fsp3) is 0.333. The number of rotatable bonds is 3. The first-order valence-corrected chi connectivity index (χ1v) is 11.0. The second-order valence-electron chi connectivity index (χ2n) is 8.86. The monoisotopic (exact) mass is 496 g/mol. The molecule has 0 radical (unpaired) electrons. The Labute approximate surface area is 210 Å². The van der Waals surface area contributed by atoms with Crippen LogP contribution < -0.4 is 10.2 Å². The first kappa shape index (κ1) is 24.0. The summed E-state index contributed by atoms with van der Waals surface area (Å²) in [5, 5.41) is 22.0. The fourth-order valence-electron chi connectivity index (χ4n) is 4.95. The summed E-state index contributed by atoms with van der Waals surface area (Å²) in [6, 6.07) is 8.56. The van der Waals surface area contributed by atoms with Gasteiger partial charge in [-0.05, 0) is 44.0 Å². The second-order valence-corrected chi connectivity index (χ2v) is 8.86. The number of nitrogens with zero attached hydrogens (tertiary/aromatic N) is 7. The van der Waals surface area contributed by atoms with Gasteiger partial charge in [0.05, 0.1) is 23.5 Å². The molecule has 0 bridgehead atoms. The number of hydrogen-bond donors (Lipinski definition) is 1. The van der Waals surface area contributed by atoms with Gasteiger partial charge in [-0.25, -0.2) is 9.50 Å². The van der Waals surface area contributed by atoms with Crippen molar-refractivity contribution in [3.05, 3.63) is 54.7 Å². The van der Waals surface area contributed by atoms with Crippen LogP contribution in [0.4, 0.5) is 5.82 Å². The minimum absolute atomic E-state index is 0. The van der Waals surface area contributed by atoms with Crippen LogP contribution >= 0.6 is 24.8 Å². The number of nitrogens with one attached hydrogen (secondary N) is 1. The third kappa shape index (κ3) is 4.00. The van der Waals surface area contributed by atoms with E-state index < -0.39 is 0 Å². The molecule has 4 aromatic rings. The summed E-state index contributed by atoms with van der Waals surface area (Å²) >= 11 is 0. The van der Waals surface area contributed by atoms with Gasteiger partial charge >= 0.3 is 0 Å². The molecule has 0 atom stereocenters. The number of anilines is 1. The second kappa shape index (κ2) is 9.26. The lowest BCUT2D eigenvalue weighted by molar-refractivity contribution is 0.163. The minimum Gasteiger partial charge on any atom is -0.356 e. The van der Waals surface area contributed by atoms with Crippen molar-refractivity contribution in [2.24, 2.45) is 7.05 Å². The number of aromatic nitrogens is 5. The standard InChI is InChI=1S/C24H24N8.2ClH/c1-30-15-20(14-28-30)18-10-21(23-19(11-25)13-29-32(23)16-18)17-2-3-22(26-12-17)31-8-5-24(6-9-31)4-7-27-24;;/h2-3,10,12-16,27H,4-9H2,1H3;2*1H. The molecule has 1 spiro atoms. The lowest BCUT2D eigenvalue weighted by atomic mass is 9.79. The number of pyridine rings is 2. The van der Waals surface area contributed by atoms with Gasteiger partial charge < -0.3 is 10.2 Å². The van der Waals surface area contributed by atoms with Crippen LogP contribution in [-0.2, 0) is 7.05 Å². The number of piperidine rings is 1. The molecule has 2 aliphatic rings. The molecule has 6 rings (SSSR count). The zero-order chi connectivity index (χ0) is 21.7. The molecule has 0 saturated carbocycles. The Morgan fingerprint density at radius 1 is 0.971 bits per heavy atom. The molecule has 1 N–H and O–H groups in total. The topological polar surface area (TPSA) is 87.1 Å². The van der Waals surface area contributed by atoms with E-state index in [2.05, 4.69) is 44.7 Å². The van der Waals surface area contributed by atoms with Crippen LogP contribution in [0.15, 0.2) is 49.2 Å². The minimum atomic E-state index is 0. The highest BCUT2D eigenvalue weighted by atomic mass is 35.5. The van der Waals surface area contributed by atoms with E-state index in [1.165, 1.54) is 19.3 Å². The van der Waals surface area contributed by atoms with Gasteiger partial charge in [0.25, 0.3) is 0 Å². The lowest BCUT2D eigenvalue weighted by Crippen LogP contribution is -2.62. The highest BCUT2D eigenvalue weighted by Gasteiger charge is 2.39. The molecule has 4 aromatic heterocycles. The Morgan fingerprint density at radius 2 is 1.76 bits per heavy atom. The van der Waals surface area contributed by atoms with Crippen molar-refractivity contribution >= 4 is 36.1 Å².